The van der Waals surface area contributed by atoms with Gasteiger partial charge in [0.25, 0.3) is 0 Å². The molecule has 1 aliphatic rings. The molecule has 1 heterocycles. The third-order valence-corrected chi connectivity index (χ3v) is 3.92. The van der Waals surface area contributed by atoms with Gasteiger partial charge in [-0.15, -0.1) is 0 Å². The van der Waals surface area contributed by atoms with Crippen molar-refractivity contribution < 1.29 is 14.7 Å². The van der Waals surface area contributed by atoms with Gasteiger partial charge in [-0.2, -0.15) is 0 Å². The van der Waals surface area contributed by atoms with Gasteiger partial charge in [0.15, 0.2) is 0 Å². The highest BCUT2D eigenvalue weighted by atomic mass is 35.5. The minimum atomic E-state index is -1.03. The van der Waals surface area contributed by atoms with Crippen LogP contribution in [0.5, 0.6) is 0 Å². The summed E-state index contributed by atoms with van der Waals surface area (Å²) in [5, 5.41) is 12.9. The summed E-state index contributed by atoms with van der Waals surface area (Å²) >= 11 is 5.84. The van der Waals surface area contributed by atoms with E-state index in [-0.39, 0.29) is 24.4 Å². The Labute approximate surface area is 128 Å². The minimum absolute atomic E-state index is 0.131. The molecule has 1 amide bonds. The molecule has 2 N–H and O–H groups in total. The number of nitrogens with zero attached hydrogens (tertiary/aromatic N) is 1. The number of piperidine rings is 1. The summed E-state index contributed by atoms with van der Waals surface area (Å²) in [6.45, 7) is 2.47. The average molecular weight is 311 g/mol. The molecular weight excluding hydrogens is 292 g/mol. The number of benzene rings is 1. The molecule has 2 atom stereocenters. The Kier molecular flexibility index (Phi) is 5.20. The number of aliphatic carboxylic acids is 1. The van der Waals surface area contributed by atoms with Crippen molar-refractivity contribution in [2.45, 2.75) is 25.8 Å². The maximum absolute atomic E-state index is 12.7. The van der Waals surface area contributed by atoms with Crippen LogP contribution in [0.3, 0.4) is 0 Å². The van der Waals surface area contributed by atoms with Gasteiger partial charge in [0.2, 0.25) is 5.91 Å². The van der Waals surface area contributed by atoms with Gasteiger partial charge in [0, 0.05) is 22.7 Å². The van der Waals surface area contributed by atoms with E-state index >= 15 is 0 Å². The van der Waals surface area contributed by atoms with Crippen molar-refractivity contribution in [3.05, 3.63) is 29.3 Å². The van der Waals surface area contributed by atoms with Crippen LogP contribution in [0.15, 0.2) is 24.3 Å². The normalized spacial score (nSPS) is 21.8. The van der Waals surface area contributed by atoms with Gasteiger partial charge in [-0.25, -0.2) is 0 Å². The predicted octanol–water partition coefficient (Wildman–Crippen LogP) is 2.15. The molecule has 114 valence electrons. The molecule has 1 aromatic rings. The molecule has 0 bridgehead atoms. The highest BCUT2D eigenvalue weighted by Gasteiger charge is 2.30. The fourth-order valence-electron chi connectivity index (χ4n) is 2.63. The lowest BCUT2D eigenvalue weighted by atomic mass is 9.92. The first-order valence-corrected chi connectivity index (χ1v) is 7.37. The first-order chi connectivity index (χ1) is 9.97. The van der Waals surface area contributed by atoms with Crippen LogP contribution >= 0.6 is 11.6 Å². The van der Waals surface area contributed by atoms with E-state index in [2.05, 4.69) is 5.32 Å². The molecule has 1 fully saturated rings. The third kappa shape index (κ3) is 4.19. The number of halogens is 1. The smallest absolute Gasteiger partial charge is 0.323 e. The van der Waals surface area contributed by atoms with Crippen LogP contribution < -0.4 is 10.2 Å². The molecule has 21 heavy (non-hydrogen) atoms. The summed E-state index contributed by atoms with van der Waals surface area (Å²) in [4.78, 5) is 25.1. The van der Waals surface area contributed by atoms with E-state index in [1.807, 2.05) is 6.92 Å². The Balaban J connectivity index is 2.20. The van der Waals surface area contributed by atoms with Crippen LogP contribution in [0.2, 0.25) is 5.02 Å². The number of nitrogens with one attached hydrogen (secondary N) is 1. The van der Waals surface area contributed by atoms with E-state index in [9.17, 15) is 9.59 Å². The Morgan fingerprint density at radius 1 is 1.38 bits per heavy atom. The van der Waals surface area contributed by atoms with Crippen LogP contribution in [0.25, 0.3) is 0 Å². The summed E-state index contributed by atoms with van der Waals surface area (Å²) in [5.41, 5.74) is 0.568. The van der Waals surface area contributed by atoms with Crippen LogP contribution in [-0.2, 0) is 9.59 Å². The van der Waals surface area contributed by atoms with Crippen molar-refractivity contribution in [1.29, 1.82) is 0 Å². The first-order valence-electron chi connectivity index (χ1n) is 6.99. The zero-order chi connectivity index (χ0) is 15.4. The molecule has 1 saturated heterocycles. The standard InChI is InChI=1S/C15H19ClN2O3/c1-10-8-11(6-7-17-10)15(21)18(9-14(19)20)13-4-2-12(16)3-5-13/h2-5,10-11,17H,6-9H2,1H3,(H,19,20). The summed E-state index contributed by atoms with van der Waals surface area (Å²) in [5.74, 6) is -1.30. The van der Waals surface area contributed by atoms with E-state index in [1.54, 1.807) is 24.3 Å². The molecule has 1 aliphatic heterocycles. The largest absolute Gasteiger partial charge is 0.480 e. The van der Waals surface area contributed by atoms with E-state index in [4.69, 9.17) is 16.7 Å². The predicted molar refractivity (Wildman–Crippen MR) is 81.6 cm³/mol. The number of hydrogen-bond acceptors (Lipinski definition) is 3. The van der Waals surface area contributed by atoms with Crippen LogP contribution in [0.4, 0.5) is 5.69 Å². The highest BCUT2D eigenvalue weighted by Crippen LogP contribution is 2.24. The lowest BCUT2D eigenvalue weighted by Crippen LogP contribution is -2.45. The number of carboxylic acid groups (broad SMARTS) is 1. The van der Waals surface area contributed by atoms with Crippen molar-refractivity contribution in [3.63, 3.8) is 0 Å². The lowest BCUT2D eigenvalue weighted by molar-refractivity contribution is -0.137. The monoisotopic (exact) mass is 310 g/mol. The summed E-state index contributed by atoms with van der Waals surface area (Å²) in [7, 11) is 0. The molecule has 0 aliphatic carbocycles. The summed E-state index contributed by atoms with van der Waals surface area (Å²) in [6.07, 6.45) is 1.45. The fourth-order valence-corrected chi connectivity index (χ4v) is 2.76. The van der Waals surface area contributed by atoms with Crippen LogP contribution in [0, 0.1) is 5.92 Å². The van der Waals surface area contributed by atoms with Gasteiger partial charge in [0.1, 0.15) is 6.54 Å². The second-order valence-electron chi connectivity index (χ2n) is 5.37. The minimum Gasteiger partial charge on any atom is -0.480 e. The SMILES string of the molecule is CC1CC(C(=O)N(CC(=O)O)c2ccc(Cl)cc2)CCN1. The van der Waals surface area contributed by atoms with Crippen molar-refractivity contribution >= 4 is 29.2 Å². The maximum atomic E-state index is 12.7. The molecule has 0 saturated carbocycles. The fraction of sp³-hybridized carbons (Fsp3) is 0.467. The van der Waals surface area contributed by atoms with E-state index < -0.39 is 5.97 Å². The lowest BCUT2D eigenvalue weighted by Gasteiger charge is -2.31. The van der Waals surface area contributed by atoms with Crippen molar-refractivity contribution in [1.82, 2.24) is 5.32 Å². The van der Waals surface area contributed by atoms with E-state index in [1.165, 1.54) is 4.90 Å². The molecule has 1 aromatic carbocycles. The molecule has 6 heteroatoms. The Hall–Kier alpha value is -1.59. The second kappa shape index (κ2) is 6.91. The number of hydrogen-bond donors (Lipinski definition) is 2. The van der Waals surface area contributed by atoms with Crippen molar-refractivity contribution in [2.75, 3.05) is 18.0 Å². The summed E-state index contributed by atoms with van der Waals surface area (Å²) in [6, 6.07) is 6.93. The molecule has 2 unspecified atom stereocenters. The molecule has 0 spiro atoms. The van der Waals surface area contributed by atoms with Gasteiger partial charge >= 0.3 is 5.97 Å². The second-order valence-corrected chi connectivity index (χ2v) is 5.81. The van der Waals surface area contributed by atoms with Gasteiger partial charge < -0.3 is 15.3 Å². The Morgan fingerprint density at radius 2 is 2.05 bits per heavy atom. The topological polar surface area (TPSA) is 69.6 Å². The highest BCUT2D eigenvalue weighted by molar-refractivity contribution is 6.30. The Morgan fingerprint density at radius 3 is 2.62 bits per heavy atom. The Bertz CT molecular complexity index is 518. The molecule has 2 rings (SSSR count). The van der Waals surface area contributed by atoms with Gasteiger partial charge in [0.05, 0.1) is 0 Å². The molecule has 0 aromatic heterocycles. The number of anilines is 1. The number of rotatable bonds is 4. The third-order valence-electron chi connectivity index (χ3n) is 3.67. The van der Waals surface area contributed by atoms with Crippen LogP contribution in [0.1, 0.15) is 19.8 Å². The van der Waals surface area contributed by atoms with Crippen molar-refractivity contribution in [3.8, 4) is 0 Å². The zero-order valence-electron chi connectivity index (χ0n) is 11.9. The zero-order valence-corrected chi connectivity index (χ0v) is 12.6. The molecule has 5 nitrogen and oxygen atoms in total. The van der Waals surface area contributed by atoms with E-state index in [0.29, 0.717) is 10.7 Å². The number of carbonyl (C=O) groups is 2. The van der Waals surface area contributed by atoms with Gasteiger partial charge in [-0.05, 0) is 50.6 Å². The average Bonchev–Trinajstić information content (AvgIpc) is 2.45. The summed E-state index contributed by atoms with van der Waals surface area (Å²) < 4.78 is 0. The van der Waals surface area contributed by atoms with Gasteiger partial charge in [-0.1, -0.05) is 11.6 Å². The quantitative estimate of drug-likeness (QED) is 0.894. The van der Waals surface area contributed by atoms with Crippen LogP contribution in [-0.4, -0.2) is 36.1 Å². The molecular formula is C15H19ClN2O3. The first kappa shape index (κ1) is 15.8. The van der Waals surface area contributed by atoms with Gasteiger partial charge in [-0.3, -0.25) is 9.59 Å². The number of carboxylic acids is 1. The number of amides is 1. The van der Waals surface area contributed by atoms with E-state index in [0.717, 1.165) is 19.4 Å². The number of carbonyl (C=O) groups excluding carboxylic acids is 1. The maximum Gasteiger partial charge on any atom is 0.323 e. The molecule has 0 radical (unpaired) electrons. The van der Waals surface area contributed by atoms with Crippen molar-refractivity contribution in [2.24, 2.45) is 5.92 Å².